The SMILES string of the molecule is CC(CN1CC(c2ccccn2)NC1=O)C(=O)O. The highest BCUT2D eigenvalue weighted by Crippen LogP contribution is 2.19. The fourth-order valence-corrected chi connectivity index (χ4v) is 1.90. The van der Waals surface area contributed by atoms with Crippen LogP contribution in [-0.2, 0) is 4.79 Å². The minimum absolute atomic E-state index is 0.167. The van der Waals surface area contributed by atoms with Gasteiger partial charge < -0.3 is 15.3 Å². The van der Waals surface area contributed by atoms with Crippen LogP contribution in [0.4, 0.5) is 4.79 Å². The van der Waals surface area contributed by atoms with Crippen molar-refractivity contribution < 1.29 is 14.7 Å². The number of aliphatic carboxylic acids is 1. The van der Waals surface area contributed by atoms with E-state index in [1.807, 2.05) is 18.2 Å². The molecule has 1 aromatic rings. The first-order chi connectivity index (χ1) is 8.58. The number of nitrogens with one attached hydrogen (secondary N) is 1. The molecule has 2 amide bonds. The van der Waals surface area contributed by atoms with Gasteiger partial charge >= 0.3 is 12.0 Å². The smallest absolute Gasteiger partial charge is 0.318 e. The predicted molar refractivity (Wildman–Crippen MR) is 63.9 cm³/mol. The number of hydrogen-bond donors (Lipinski definition) is 2. The normalized spacial score (nSPS) is 20.6. The molecule has 2 N–H and O–H groups in total. The molecule has 2 heterocycles. The van der Waals surface area contributed by atoms with E-state index in [9.17, 15) is 9.59 Å². The third-order valence-corrected chi connectivity index (χ3v) is 2.95. The van der Waals surface area contributed by atoms with Crippen molar-refractivity contribution in [3.63, 3.8) is 0 Å². The van der Waals surface area contributed by atoms with Gasteiger partial charge in [-0.05, 0) is 12.1 Å². The summed E-state index contributed by atoms with van der Waals surface area (Å²) in [4.78, 5) is 28.2. The Balaban J connectivity index is 2.01. The van der Waals surface area contributed by atoms with Crippen molar-refractivity contribution >= 4 is 12.0 Å². The van der Waals surface area contributed by atoms with Gasteiger partial charge in [0.1, 0.15) is 0 Å². The number of rotatable bonds is 4. The highest BCUT2D eigenvalue weighted by Gasteiger charge is 2.32. The number of amides is 2. The Hall–Kier alpha value is -2.11. The third kappa shape index (κ3) is 2.58. The second-order valence-electron chi connectivity index (χ2n) is 4.40. The summed E-state index contributed by atoms with van der Waals surface area (Å²) in [6.07, 6.45) is 1.67. The molecule has 1 aromatic heterocycles. The molecule has 0 saturated carbocycles. The number of carboxylic acids is 1. The second kappa shape index (κ2) is 5.03. The van der Waals surface area contributed by atoms with E-state index in [0.717, 1.165) is 5.69 Å². The lowest BCUT2D eigenvalue weighted by Crippen LogP contribution is -2.34. The first-order valence-corrected chi connectivity index (χ1v) is 5.77. The van der Waals surface area contributed by atoms with Gasteiger partial charge in [-0.1, -0.05) is 13.0 Å². The number of aromatic nitrogens is 1. The number of pyridine rings is 1. The van der Waals surface area contributed by atoms with Gasteiger partial charge in [-0.15, -0.1) is 0 Å². The lowest BCUT2D eigenvalue weighted by molar-refractivity contribution is -0.141. The van der Waals surface area contributed by atoms with E-state index in [-0.39, 0.29) is 18.6 Å². The average molecular weight is 249 g/mol. The Morgan fingerprint density at radius 1 is 1.67 bits per heavy atom. The van der Waals surface area contributed by atoms with Gasteiger partial charge in [0, 0.05) is 19.3 Å². The van der Waals surface area contributed by atoms with Crippen LogP contribution in [0, 0.1) is 5.92 Å². The van der Waals surface area contributed by atoms with Crippen molar-refractivity contribution in [3.05, 3.63) is 30.1 Å². The van der Waals surface area contributed by atoms with E-state index in [2.05, 4.69) is 10.3 Å². The minimum atomic E-state index is -0.899. The number of nitrogens with zero attached hydrogens (tertiary/aromatic N) is 2. The first kappa shape index (κ1) is 12.3. The van der Waals surface area contributed by atoms with Gasteiger partial charge in [-0.2, -0.15) is 0 Å². The van der Waals surface area contributed by atoms with Gasteiger partial charge in [0.25, 0.3) is 0 Å². The molecule has 1 saturated heterocycles. The largest absolute Gasteiger partial charge is 0.481 e. The van der Waals surface area contributed by atoms with Crippen LogP contribution in [0.25, 0.3) is 0 Å². The lowest BCUT2D eigenvalue weighted by atomic mass is 10.1. The van der Waals surface area contributed by atoms with Crippen LogP contribution in [0.5, 0.6) is 0 Å². The summed E-state index contributed by atoms with van der Waals surface area (Å²) >= 11 is 0. The van der Waals surface area contributed by atoms with Gasteiger partial charge in [0.05, 0.1) is 17.7 Å². The molecular formula is C12H15N3O3. The van der Waals surface area contributed by atoms with E-state index >= 15 is 0 Å². The molecule has 0 aliphatic carbocycles. The van der Waals surface area contributed by atoms with Crippen LogP contribution in [0.2, 0.25) is 0 Å². The van der Waals surface area contributed by atoms with Crippen LogP contribution >= 0.6 is 0 Å². The van der Waals surface area contributed by atoms with E-state index in [1.165, 1.54) is 4.90 Å². The lowest BCUT2D eigenvalue weighted by Gasteiger charge is -2.16. The van der Waals surface area contributed by atoms with Crippen molar-refractivity contribution in [1.82, 2.24) is 15.2 Å². The molecule has 6 heteroatoms. The molecule has 2 unspecified atom stereocenters. The van der Waals surface area contributed by atoms with Crippen molar-refractivity contribution in [3.8, 4) is 0 Å². The topological polar surface area (TPSA) is 82.5 Å². The number of urea groups is 1. The van der Waals surface area contributed by atoms with Crippen molar-refractivity contribution in [1.29, 1.82) is 0 Å². The standard InChI is InChI=1S/C12H15N3O3/c1-8(11(16)17)6-15-7-10(14-12(15)18)9-4-2-3-5-13-9/h2-5,8,10H,6-7H2,1H3,(H,14,18)(H,16,17). The monoisotopic (exact) mass is 249 g/mol. The maximum absolute atomic E-state index is 11.7. The van der Waals surface area contributed by atoms with Crippen LogP contribution in [0.15, 0.2) is 24.4 Å². The summed E-state index contributed by atoms with van der Waals surface area (Å²) in [5.41, 5.74) is 0.788. The van der Waals surface area contributed by atoms with Crippen molar-refractivity contribution in [2.24, 2.45) is 5.92 Å². The molecule has 2 atom stereocenters. The number of carboxylic acid groups (broad SMARTS) is 1. The van der Waals surface area contributed by atoms with Crippen LogP contribution < -0.4 is 5.32 Å². The third-order valence-electron chi connectivity index (χ3n) is 2.95. The molecule has 0 aromatic carbocycles. The Bertz CT molecular complexity index is 449. The van der Waals surface area contributed by atoms with Crippen LogP contribution in [0.1, 0.15) is 18.7 Å². The summed E-state index contributed by atoms with van der Waals surface area (Å²) in [6, 6.07) is 5.11. The molecule has 2 rings (SSSR count). The Morgan fingerprint density at radius 3 is 3.06 bits per heavy atom. The highest BCUT2D eigenvalue weighted by molar-refractivity contribution is 5.78. The van der Waals surface area contributed by atoms with Gasteiger partial charge in [0.15, 0.2) is 0 Å². The maximum Gasteiger partial charge on any atom is 0.318 e. The zero-order valence-corrected chi connectivity index (χ0v) is 10.0. The van der Waals surface area contributed by atoms with E-state index < -0.39 is 11.9 Å². The van der Waals surface area contributed by atoms with Crippen LogP contribution in [0.3, 0.4) is 0 Å². The minimum Gasteiger partial charge on any atom is -0.481 e. The number of carbonyl (C=O) groups is 2. The molecule has 0 radical (unpaired) electrons. The maximum atomic E-state index is 11.7. The van der Waals surface area contributed by atoms with E-state index in [0.29, 0.717) is 6.54 Å². The van der Waals surface area contributed by atoms with Gasteiger partial charge in [-0.25, -0.2) is 4.79 Å². The fourth-order valence-electron chi connectivity index (χ4n) is 1.90. The molecule has 0 spiro atoms. The Kier molecular flexibility index (Phi) is 3.45. The zero-order chi connectivity index (χ0) is 13.1. The molecule has 6 nitrogen and oxygen atoms in total. The van der Waals surface area contributed by atoms with Gasteiger partial charge in [-0.3, -0.25) is 9.78 Å². The van der Waals surface area contributed by atoms with Gasteiger partial charge in [0.2, 0.25) is 0 Å². The molecule has 96 valence electrons. The predicted octanol–water partition coefficient (Wildman–Crippen LogP) is 0.869. The molecule has 1 aliphatic heterocycles. The zero-order valence-electron chi connectivity index (χ0n) is 10.0. The highest BCUT2D eigenvalue weighted by atomic mass is 16.4. The van der Waals surface area contributed by atoms with Crippen molar-refractivity contribution in [2.45, 2.75) is 13.0 Å². The molecule has 1 aliphatic rings. The van der Waals surface area contributed by atoms with Crippen molar-refractivity contribution in [2.75, 3.05) is 13.1 Å². The first-order valence-electron chi connectivity index (χ1n) is 5.77. The second-order valence-corrected chi connectivity index (χ2v) is 4.40. The van der Waals surface area contributed by atoms with E-state index in [4.69, 9.17) is 5.11 Å². The number of hydrogen-bond acceptors (Lipinski definition) is 3. The summed E-state index contributed by atoms with van der Waals surface area (Å²) in [5, 5.41) is 11.6. The summed E-state index contributed by atoms with van der Waals surface area (Å²) < 4.78 is 0. The fraction of sp³-hybridized carbons (Fsp3) is 0.417. The molecule has 0 bridgehead atoms. The van der Waals surface area contributed by atoms with Crippen LogP contribution in [-0.4, -0.2) is 40.1 Å². The number of carbonyl (C=O) groups excluding carboxylic acids is 1. The summed E-state index contributed by atoms with van der Waals surface area (Å²) in [6.45, 7) is 2.25. The summed E-state index contributed by atoms with van der Waals surface area (Å²) in [7, 11) is 0. The Labute approximate surface area is 105 Å². The molecule has 1 fully saturated rings. The summed E-state index contributed by atoms with van der Waals surface area (Å²) in [5.74, 6) is -1.47. The average Bonchev–Trinajstić information content (AvgIpc) is 2.72. The molecule has 18 heavy (non-hydrogen) atoms. The van der Waals surface area contributed by atoms with E-state index in [1.54, 1.807) is 13.1 Å². The Morgan fingerprint density at radius 2 is 2.44 bits per heavy atom. The molecular weight excluding hydrogens is 234 g/mol. The quantitative estimate of drug-likeness (QED) is 0.829.